The van der Waals surface area contributed by atoms with E-state index < -0.39 is 0 Å². The van der Waals surface area contributed by atoms with Crippen molar-refractivity contribution < 1.29 is 9.53 Å². The van der Waals surface area contributed by atoms with Crippen LogP contribution in [0.25, 0.3) is 12.2 Å². The molecule has 0 fully saturated rings. The van der Waals surface area contributed by atoms with Gasteiger partial charge >= 0.3 is 5.97 Å². The van der Waals surface area contributed by atoms with E-state index in [9.17, 15) is 4.79 Å². The Hall–Kier alpha value is -2.61. The average molecular weight is 292 g/mol. The van der Waals surface area contributed by atoms with Gasteiger partial charge in [0.2, 0.25) is 0 Å². The Bertz CT molecular complexity index is 667. The number of benzene rings is 2. The zero-order valence-electron chi connectivity index (χ0n) is 13.0. The zero-order valence-corrected chi connectivity index (χ0v) is 13.0. The van der Waals surface area contributed by atoms with E-state index in [0.717, 1.165) is 16.7 Å². The molecule has 2 aromatic carbocycles. The maximum atomic E-state index is 12.2. The van der Waals surface area contributed by atoms with Gasteiger partial charge in [-0.3, -0.25) is 0 Å². The van der Waals surface area contributed by atoms with Crippen molar-refractivity contribution in [2.75, 3.05) is 6.61 Å². The van der Waals surface area contributed by atoms with Crippen LogP contribution in [0.1, 0.15) is 25.0 Å². The summed E-state index contributed by atoms with van der Waals surface area (Å²) < 4.78 is 5.19. The van der Waals surface area contributed by atoms with Crippen LogP contribution in [0.2, 0.25) is 0 Å². The fraction of sp³-hybridized carbons (Fsp3) is 0.150. The molecule has 0 bridgehead atoms. The number of rotatable bonds is 5. The second kappa shape index (κ2) is 7.99. The monoisotopic (exact) mass is 292 g/mol. The number of esters is 1. The topological polar surface area (TPSA) is 26.3 Å². The minimum Gasteiger partial charge on any atom is -0.462 e. The Balaban J connectivity index is 2.38. The molecule has 0 heterocycles. The third-order valence-corrected chi connectivity index (χ3v) is 3.21. The molecule has 0 atom stereocenters. The number of carbonyl (C=O) groups excluding carboxylic acids is 1. The van der Waals surface area contributed by atoms with Crippen LogP contribution in [-0.2, 0) is 9.53 Å². The lowest BCUT2D eigenvalue weighted by atomic mass is 10.0. The summed E-state index contributed by atoms with van der Waals surface area (Å²) >= 11 is 0. The second-order valence-corrected chi connectivity index (χ2v) is 4.93. The Morgan fingerprint density at radius 2 is 1.41 bits per heavy atom. The number of hydrogen-bond donors (Lipinski definition) is 0. The van der Waals surface area contributed by atoms with Crippen LogP contribution in [0.4, 0.5) is 0 Å². The molecule has 0 unspecified atom stereocenters. The molecular weight excluding hydrogens is 272 g/mol. The molecule has 112 valence electrons. The van der Waals surface area contributed by atoms with Gasteiger partial charge in [0.1, 0.15) is 0 Å². The van der Waals surface area contributed by atoms with Crippen LogP contribution in [-0.4, -0.2) is 12.6 Å². The molecule has 2 heteroatoms. The van der Waals surface area contributed by atoms with Crippen molar-refractivity contribution in [3.8, 4) is 0 Å². The van der Waals surface area contributed by atoms with Gasteiger partial charge in [-0.1, -0.05) is 66.7 Å². The molecule has 22 heavy (non-hydrogen) atoms. The Labute approximate surface area is 131 Å². The number of hydrogen-bond acceptors (Lipinski definition) is 2. The Kier molecular flexibility index (Phi) is 5.73. The summed E-state index contributed by atoms with van der Waals surface area (Å²) in [7, 11) is 0. The van der Waals surface area contributed by atoms with E-state index in [1.54, 1.807) is 0 Å². The Morgan fingerprint density at radius 3 is 1.91 bits per heavy atom. The molecule has 0 N–H and O–H groups in total. The minimum absolute atomic E-state index is 0.295. The molecule has 0 saturated carbocycles. The van der Waals surface area contributed by atoms with Crippen molar-refractivity contribution in [3.05, 3.63) is 82.9 Å². The summed E-state index contributed by atoms with van der Waals surface area (Å²) in [5, 5.41) is 0. The van der Waals surface area contributed by atoms with Crippen LogP contribution >= 0.6 is 0 Å². The van der Waals surface area contributed by atoms with Crippen molar-refractivity contribution in [3.63, 3.8) is 0 Å². The predicted octanol–water partition coefficient (Wildman–Crippen LogP) is 4.74. The highest BCUT2D eigenvalue weighted by Gasteiger charge is 2.12. The maximum Gasteiger partial charge on any atom is 0.338 e. The molecule has 2 nitrogen and oxygen atoms in total. The number of ether oxygens (including phenoxy) is 1. The van der Waals surface area contributed by atoms with Crippen molar-refractivity contribution in [1.29, 1.82) is 0 Å². The van der Waals surface area contributed by atoms with Crippen LogP contribution in [0, 0.1) is 0 Å². The highest BCUT2D eigenvalue weighted by Crippen LogP contribution is 2.19. The molecule has 0 aromatic heterocycles. The lowest BCUT2D eigenvalue weighted by Gasteiger charge is -2.08. The van der Waals surface area contributed by atoms with Gasteiger partial charge in [0.05, 0.1) is 12.2 Å². The minimum atomic E-state index is -0.295. The molecule has 0 radical (unpaired) electrons. The summed E-state index contributed by atoms with van der Waals surface area (Å²) in [6.45, 7) is 4.11. The van der Waals surface area contributed by atoms with E-state index >= 15 is 0 Å². The average Bonchev–Trinajstić information content (AvgIpc) is 2.54. The summed E-state index contributed by atoms with van der Waals surface area (Å²) in [5.74, 6) is -0.295. The fourth-order valence-electron chi connectivity index (χ4n) is 2.14. The normalized spacial score (nSPS) is 12.1. The van der Waals surface area contributed by atoms with Crippen LogP contribution in [0.15, 0.2) is 71.8 Å². The summed E-state index contributed by atoms with van der Waals surface area (Å²) in [4.78, 5) is 12.2. The Morgan fingerprint density at radius 1 is 0.909 bits per heavy atom. The largest absolute Gasteiger partial charge is 0.462 e. The highest BCUT2D eigenvalue weighted by molar-refractivity contribution is 5.99. The van der Waals surface area contributed by atoms with Crippen molar-refractivity contribution in [1.82, 2.24) is 0 Å². The lowest BCUT2D eigenvalue weighted by Crippen LogP contribution is -2.08. The quantitative estimate of drug-likeness (QED) is 0.452. The molecule has 0 spiro atoms. The SMILES string of the molecule is CCOC(=O)C(=C\c1ccccc1)/C(C)=C/c1ccccc1. The molecule has 0 saturated heterocycles. The first-order chi connectivity index (χ1) is 10.7. The third kappa shape index (κ3) is 4.45. The summed E-state index contributed by atoms with van der Waals surface area (Å²) in [5.41, 5.74) is 3.50. The number of carbonyl (C=O) groups is 1. The molecule has 0 aliphatic rings. The van der Waals surface area contributed by atoms with Crippen LogP contribution in [0.5, 0.6) is 0 Å². The lowest BCUT2D eigenvalue weighted by molar-refractivity contribution is -0.138. The van der Waals surface area contributed by atoms with E-state index in [1.807, 2.05) is 86.7 Å². The molecular formula is C20H20O2. The fourth-order valence-corrected chi connectivity index (χ4v) is 2.14. The van der Waals surface area contributed by atoms with Gasteiger partial charge in [0.25, 0.3) is 0 Å². The van der Waals surface area contributed by atoms with E-state index in [1.165, 1.54) is 0 Å². The van der Waals surface area contributed by atoms with E-state index in [2.05, 4.69) is 0 Å². The standard InChI is InChI=1S/C20H20O2/c1-3-22-20(21)19(15-18-12-8-5-9-13-18)16(2)14-17-10-6-4-7-11-17/h4-15H,3H2,1-2H3/b16-14+,19-15-. The van der Waals surface area contributed by atoms with Gasteiger partial charge in [-0.25, -0.2) is 4.79 Å². The van der Waals surface area contributed by atoms with Crippen LogP contribution in [0.3, 0.4) is 0 Å². The first kappa shape index (κ1) is 15.8. The second-order valence-electron chi connectivity index (χ2n) is 4.93. The van der Waals surface area contributed by atoms with Crippen molar-refractivity contribution in [2.24, 2.45) is 0 Å². The third-order valence-electron chi connectivity index (χ3n) is 3.21. The molecule has 2 rings (SSSR count). The van der Waals surface area contributed by atoms with Crippen LogP contribution < -0.4 is 0 Å². The van der Waals surface area contributed by atoms with Crippen molar-refractivity contribution >= 4 is 18.1 Å². The first-order valence-electron chi connectivity index (χ1n) is 7.38. The maximum absolute atomic E-state index is 12.2. The molecule has 2 aromatic rings. The zero-order chi connectivity index (χ0) is 15.8. The highest BCUT2D eigenvalue weighted by atomic mass is 16.5. The van der Waals surface area contributed by atoms with Gasteiger partial charge in [-0.05, 0) is 36.6 Å². The van der Waals surface area contributed by atoms with Gasteiger partial charge in [0.15, 0.2) is 0 Å². The van der Waals surface area contributed by atoms with E-state index in [-0.39, 0.29) is 5.97 Å². The molecule has 0 aliphatic heterocycles. The van der Waals surface area contributed by atoms with Gasteiger partial charge in [-0.15, -0.1) is 0 Å². The molecule has 0 amide bonds. The summed E-state index contributed by atoms with van der Waals surface area (Å²) in [6.07, 6.45) is 3.86. The smallest absolute Gasteiger partial charge is 0.338 e. The summed E-state index contributed by atoms with van der Waals surface area (Å²) in [6, 6.07) is 19.7. The van der Waals surface area contributed by atoms with Gasteiger partial charge in [-0.2, -0.15) is 0 Å². The van der Waals surface area contributed by atoms with Crippen molar-refractivity contribution in [2.45, 2.75) is 13.8 Å². The van der Waals surface area contributed by atoms with Gasteiger partial charge in [0, 0.05) is 0 Å². The molecule has 0 aliphatic carbocycles. The van der Waals surface area contributed by atoms with E-state index in [0.29, 0.717) is 12.2 Å². The predicted molar refractivity (Wildman–Crippen MR) is 91.1 cm³/mol. The van der Waals surface area contributed by atoms with Gasteiger partial charge < -0.3 is 4.74 Å². The van der Waals surface area contributed by atoms with E-state index in [4.69, 9.17) is 4.74 Å². The first-order valence-corrected chi connectivity index (χ1v) is 7.38.